The van der Waals surface area contributed by atoms with Crippen molar-refractivity contribution in [3.63, 3.8) is 0 Å². The monoisotopic (exact) mass is 515 g/mol. The van der Waals surface area contributed by atoms with Crippen LogP contribution in [0.25, 0.3) is 6.08 Å². The topological polar surface area (TPSA) is 89.5 Å². The molecule has 1 aliphatic carbocycles. The molecule has 0 saturated carbocycles. The number of ketones is 1. The van der Waals surface area contributed by atoms with Crippen LogP contribution < -0.4 is 9.46 Å². The van der Waals surface area contributed by atoms with Gasteiger partial charge < -0.3 is 4.74 Å². The highest BCUT2D eigenvalue weighted by molar-refractivity contribution is 7.89. The average Bonchev–Trinajstić information content (AvgIpc) is 3.05. The number of hydrogen-bond donors (Lipinski definition) is 1. The minimum atomic E-state index is -3.63. The molecule has 34 heavy (non-hydrogen) atoms. The van der Waals surface area contributed by atoms with Gasteiger partial charge in [0.05, 0.1) is 6.26 Å². The molecule has 1 N–H and O–H groups in total. The predicted molar refractivity (Wildman–Crippen MR) is 132 cm³/mol. The fourth-order valence-electron chi connectivity index (χ4n) is 3.61. The lowest BCUT2D eigenvalue weighted by Crippen LogP contribution is -2.29. The van der Waals surface area contributed by atoms with Crippen molar-refractivity contribution in [1.29, 1.82) is 0 Å². The van der Waals surface area contributed by atoms with Gasteiger partial charge in [0.1, 0.15) is 12.4 Å². The van der Waals surface area contributed by atoms with Crippen molar-refractivity contribution in [2.45, 2.75) is 13.0 Å². The van der Waals surface area contributed by atoms with Crippen molar-refractivity contribution in [2.24, 2.45) is 0 Å². The van der Waals surface area contributed by atoms with Crippen molar-refractivity contribution in [2.75, 3.05) is 6.26 Å². The Morgan fingerprint density at radius 3 is 2.35 bits per heavy atom. The second-order valence-corrected chi connectivity index (χ2v) is 10.5. The number of rotatable bonds is 6. The SMILES string of the molecule is CS(=O)(=O)NC(=O)c1ccc(COc2ccc3c(c2)C/C(=C\c2cc(Cl)cc(Cl)c2)C3=O)cc1. The first kappa shape index (κ1) is 24.0. The number of sulfonamides is 1. The van der Waals surface area contributed by atoms with E-state index < -0.39 is 15.9 Å². The molecule has 0 bridgehead atoms. The summed E-state index contributed by atoms with van der Waals surface area (Å²) in [5.41, 5.74) is 3.94. The van der Waals surface area contributed by atoms with Crippen LogP contribution in [0.2, 0.25) is 10.0 Å². The Morgan fingerprint density at radius 2 is 1.71 bits per heavy atom. The van der Waals surface area contributed by atoms with E-state index in [2.05, 4.69) is 0 Å². The van der Waals surface area contributed by atoms with Crippen LogP contribution in [-0.4, -0.2) is 26.4 Å². The molecule has 0 heterocycles. The van der Waals surface area contributed by atoms with E-state index in [-0.39, 0.29) is 18.0 Å². The van der Waals surface area contributed by atoms with Crippen molar-refractivity contribution in [1.82, 2.24) is 4.72 Å². The number of Topliss-reactive ketones (excluding diaryl/α,β-unsaturated/α-hetero) is 1. The summed E-state index contributed by atoms with van der Waals surface area (Å²) in [4.78, 5) is 24.7. The largest absolute Gasteiger partial charge is 0.489 e. The molecule has 4 rings (SSSR count). The molecule has 174 valence electrons. The van der Waals surface area contributed by atoms with E-state index in [1.54, 1.807) is 48.5 Å². The summed E-state index contributed by atoms with van der Waals surface area (Å²) in [5.74, 6) is -0.125. The van der Waals surface area contributed by atoms with Gasteiger partial charge in [-0.15, -0.1) is 0 Å². The first-order chi connectivity index (χ1) is 16.1. The molecule has 0 aliphatic heterocycles. The quantitative estimate of drug-likeness (QED) is 0.462. The lowest BCUT2D eigenvalue weighted by molar-refractivity contribution is 0.0980. The smallest absolute Gasteiger partial charge is 0.264 e. The molecule has 6 nitrogen and oxygen atoms in total. The third-order valence-corrected chi connectivity index (χ3v) is 6.11. The van der Waals surface area contributed by atoms with Gasteiger partial charge in [0, 0.05) is 33.2 Å². The number of carbonyl (C=O) groups is 2. The molecule has 0 fully saturated rings. The standard InChI is InChI=1S/C25H19Cl2NO5S/c1-34(31,32)28-25(30)17-4-2-15(3-5-17)14-33-22-6-7-23-18(12-22)11-19(24(23)29)8-16-9-20(26)13-21(27)10-16/h2-10,12-13H,11,14H2,1H3,(H,28,30)/b19-8+. The van der Waals surface area contributed by atoms with E-state index in [1.807, 2.05) is 10.8 Å². The van der Waals surface area contributed by atoms with Crippen LogP contribution in [0, 0.1) is 0 Å². The van der Waals surface area contributed by atoms with Crippen molar-refractivity contribution in [3.05, 3.63) is 104 Å². The fraction of sp³-hybridized carbons (Fsp3) is 0.120. The Balaban J connectivity index is 1.43. The van der Waals surface area contributed by atoms with Crippen LogP contribution in [0.1, 0.15) is 37.4 Å². The molecule has 0 radical (unpaired) electrons. The van der Waals surface area contributed by atoms with Crippen LogP contribution in [0.3, 0.4) is 0 Å². The minimum Gasteiger partial charge on any atom is -0.489 e. The van der Waals surface area contributed by atoms with E-state index in [0.29, 0.717) is 33.4 Å². The zero-order valence-corrected chi connectivity index (χ0v) is 20.3. The van der Waals surface area contributed by atoms with Crippen molar-refractivity contribution < 1.29 is 22.7 Å². The summed E-state index contributed by atoms with van der Waals surface area (Å²) in [6.07, 6.45) is 3.19. The number of benzene rings is 3. The first-order valence-electron chi connectivity index (χ1n) is 10.2. The number of carbonyl (C=O) groups excluding carboxylic acids is 2. The fourth-order valence-corrected chi connectivity index (χ4v) is 4.61. The highest BCUT2D eigenvalue weighted by atomic mass is 35.5. The Morgan fingerprint density at radius 1 is 1.03 bits per heavy atom. The molecule has 0 saturated heterocycles. The number of halogens is 2. The zero-order chi connectivity index (χ0) is 24.5. The summed E-state index contributed by atoms with van der Waals surface area (Å²) in [7, 11) is -3.63. The third kappa shape index (κ3) is 5.86. The highest BCUT2D eigenvalue weighted by Crippen LogP contribution is 2.32. The predicted octanol–water partition coefficient (Wildman–Crippen LogP) is 5.08. The van der Waals surface area contributed by atoms with Gasteiger partial charge in [-0.25, -0.2) is 13.1 Å². The van der Waals surface area contributed by atoms with Gasteiger partial charge in [-0.05, 0) is 71.3 Å². The Kier molecular flexibility index (Phi) is 6.79. The Labute approximate surface area is 207 Å². The molecule has 0 atom stereocenters. The van der Waals surface area contributed by atoms with E-state index in [9.17, 15) is 18.0 Å². The first-order valence-corrected chi connectivity index (χ1v) is 12.8. The second-order valence-electron chi connectivity index (χ2n) is 7.89. The molecule has 0 spiro atoms. The molecule has 3 aromatic carbocycles. The summed E-state index contributed by atoms with van der Waals surface area (Å²) in [6.45, 7) is 0.240. The van der Waals surface area contributed by atoms with Crippen molar-refractivity contribution in [3.8, 4) is 5.75 Å². The maximum Gasteiger partial charge on any atom is 0.264 e. The van der Waals surface area contributed by atoms with E-state index in [4.69, 9.17) is 27.9 Å². The molecular formula is C25H19Cl2NO5S. The van der Waals surface area contributed by atoms with Crippen LogP contribution >= 0.6 is 23.2 Å². The third-order valence-electron chi connectivity index (χ3n) is 5.12. The van der Waals surface area contributed by atoms with Crippen LogP contribution in [0.4, 0.5) is 0 Å². The van der Waals surface area contributed by atoms with Gasteiger partial charge in [0.2, 0.25) is 10.0 Å². The van der Waals surface area contributed by atoms with Gasteiger partial charge in [-0.1, -0.05) is 35.3 Å². The normalized spacial score (nSPS) is 14.2. The molecule has 0 aromatic heterocycles. The van der Waals surface area contributed by atoms with E-state index in [1.165, 1.54) is 12.1 Å². The number of amides is 1. The average molecular weight is 516 g/mol. The summed E-state index contributed by atoms with van der Waals surface area (Å²) < 4.78 is 30.2. The van der Waals surface area contributed by atoms with E-state index >= 15 is 0 Å². The lowest BCUT2D eigenvalue weighted by atomic mass is 10.1. The molecule has 9 heteroatoms. The van der Waals surface area contributed by atoms with E-state index in [0.717, 1.165) is 22.9 Å². The summed E-state index contributed by atoms with van der Waals surface area (Å²) >= 11 is 12.1. The van der Waals surface area contributed by atoms with Gasteiger partial charge in [-0.3, -0.25) is 9.59 Å². The maximum absolute atomic E-state index is 12.8. The molecule has 0 unspecified atom stereocenters. The maximum atomic E-state index is 12.8. The van der Waals surface area contributed by atoms with Crippen molar-refractivity contribution >= 4 is 51.0 Å². The van der Waals surface area contributed by atoms with Crippen LogP contribution in [0.15, 0.2) is 66.2 Å². The lowest BCUT2D eigenvalue weighted by Gasteiger charge is -2.08. The number of nitrogens with one attached hydrogen (secondary N) is 1. The van der Waals surface area contributed by atoms with Gasteiger partial charge in [0.25, 0.3) is 5.91 Å². The van der Waals surface area contributed by atoms with Gasteiger partial charge in [0.15, 0.2) is 5.78 Å². The number of fused-ring (bicyclic) bond motifs is 1. The van der Waals surface area contributed by atoms with Gasteiger partial charge >= 0.3 is 0 Å². The molecule has 3 aromatic rings. The Hall–Kier alpha value is -3.13. The highest BCUT2D eigenvalue weighted by Gasteiger charge is 2.25. The zero-order valence-electron chi connectivity index (χ0n) is 18.0. The number of hydrogen-bond acceptors (Lipinski definition) is 5. The minimum absolute atomic E-state index is 0.0411. The number of ether oxygens (including phenoxy) is 1. The van der Waals surface area contributed by atoms with Crippen LogP contribution in [0.5, 0.6) is 5.75 Å². The summed E-state index contributed by atoms with van der Waals surface area (Å²) in [5, 5.41) is 1.00. The van der Waals surface area contributed by atoms with Gasteiger partial charge in [-0.2, -0.15) is 0 Å². The molecule has 1 aliphatic rings. The summed E-state index contributed by atoms with van der Waals surface area (Å²) in [6, 6.07) is 16.9. The number of allylic oxidation sites excluding steroid dienone is 1. The van der Waals surface area contributed by atoms with Crippen LogP contribution in [-0.2, 0) is 23.1 Å². The Bertz CT molecular complexity index is 1410. The molecule has 1 amide bonds. The second kappa shape index (κ2) is 9.62. The molecular weight excluding hydrogens is 497 g/mol.